The summed E-state index contributed by atoms with van der Waals surface area (Å²) in [7, 11) is 1.50. The lowest BCUT2D eigenvalue weighted by molar-refractivity contribution is 0.102. The Hall–Kier alpha value is -1.19. The summed E-state index contributed by atoms with van der Waals surface area (Å²) in [6.45, 7) is 0.384. The van der Waals surface area contributed by atoms with Gasteiger partial charge in [-0.1, -0.05) is 23.2 Å². The van der Waals surface area contributed by atoms with Crippen LogP contribution in [-0.4, -0.2) is 19.5 Å². The largest absolute Gasteiger partial charge is 0.504 e. The number of methoxy groups -OCH3 is 1. The first-order chi connectivity index (χ1) is 8.13. The SMILES string of the molecule is CO/C=C1/CCOc2c(Cl)cc(Cl)cc2C1=O. The van der Waals surface area contributed by atoms with E-state index in [0.29, 0.717) is 40.0 Å². The van der Waals surface area contributed by atoms with E-state index in [4.69, 9.17) is 32.7 Å². The monoisotopic (exact) mass is 272 g/mol. The molecule has 1 aliphatic heterocycles. The standard InChI is InChI=1S/C12H10Cl2O3/c1-16-6-7-2-3-17-12-9(11(7)15)4-8(13)5-10(12)14/h4-6H,2-3H2,1H3/b7-6-. The van der Waals surface area contributed by atoms with Gasteiger partial charge in [0.15, 0.2) is 5.78 Å². The summed E-state index contributed by atoms with van der Waals surface area (Å²) in [5.41, 5.74) is 0.924. The zero-order chi connectivity index (χ0) is 12.4. The van der Waals surface area contributed by atoms with Crippen LogP contribution in [0.2, 0.25) is 10.0 Å². The maximum absolute atomic E-state index is 12.2. The fraction of sp³-hybridized carbons (Fsp3) is 0.250. The van der Waals surface area contributed by atoms with Crippen molar-refractivity contribution >= 4 is 29.0 Å². The molecule has 0 amide bonds. The van der Waals surface area contributed by atoms with Crippen LogP contribution in [0.1, 0.15) is 16.8 Å². The van der Waals surface area contributed by atoms with Crippen LogP contribution in [0.15, 0.2) is 24.0 Å². The Balaban J connectivity index is 2.55. The predicted molar refractivity (Wildman–Crippen MR) is 66.0 cm³/mol. The molecule has 0 saturated heterocycles. The van der Waals surface area contributed by atoms with Gasteiger partial charge in [0.25, 0.3) is 0 Å². The van der Waals surface area contributed by atoms with Crippen LogP contribution in [0, 0.1) is 0 Å². The second-order valence-electron chi connectivity index (χ2n) is 3.57. The Bertz CT molecular complexity index is 495. The summed E-state index contributed by atoms with van der Waals surface area (Å²) >= 11 is 11.9. The zero-order valence-electron chi connectivity index (χ0n) is 9.13. The molecule has 0 aromatic heterocycles. The molecule has 90 valence electrons. The van der Waals surface area contributed by atoms with Gasteiger partial charge in [-0.2, -0.15) is 0 Å². The lowest BCUT2D eigenvalue weighted by atomic mass is 10.0. The Labute approximate surface area is 109 Å². The number of benzene rings is 1. The average molecular weight is 273 g/mol. The van der Waals surface area contributed by atoms with E-state index in [9.17, 15) is 4.79 Å². The fourth-order valence-electron chi connectivity index (χ4n) is 1.68. The van der Waals surface area contributed by atoms with Gasteiger partial charge in [-0.25, -0.2) is 0 Å². The molecule has 1 aromatic rings. The van der Waals surface area contributed by atoms with E-state index in [1.54, 1.807) is 12.1 Å². The molecule has 17 heavy (non-hydrogen) atoms. The molecule has 0 fully saturated rings. The van der Waals surface area contributed by atoms with Crippen molar-refractivity contribution in [2.45, 2.75) is 6.42 Å². The first-order valence-corrected chi connectivity index (χ1v) is 5.77. The van der Waals surface area contributed by atoms with Crippen molar-refractivity contribution < 1.29 is 14.3 Å². The third kappa shape index (κ3) is 2.40. The Kier molecular flexibility index (Phi) is 3.60. The molecule has 1 aromatic carbocycles. The van der Waals surface area contributed by atoms with E-state index in [0.717, 1.165) is 0 Å². The number of hydrogen-bond donors (Lipinski definition) is 0. The quantitative estimate of drug-likeness (QED) is 0.580. The summed E-state index contributed by atoms with van der Waals surface area (Å²) in [5, 5.41) is 0.754. The van der Waals surface area contributed by atoms with Gasteiger partial charge in [-0.05, 0) is 12.1 Å². The van der Waals surface area contributed by atoms with Gasteiger partial charge in [-0.3, -0.25) is 4.79 Å². The molecule has 0 radical (unpaired) electrons. The van der Waals surface area contributed by atoms with Crippen molar-refractivity contribution in [3.63, 3.8) is 0 Å². The van der Waals surface area contributed by atoms with Crippen LogP contribution >= 0.6 is 23.2 Å². The summed E-state index contributed by atoms with van der Waals surface area (Å²) in [5.74, 6) is 0.226. The van der Waals surface area contributed by atoms with Crippen molar-refractivity contribution in [3.8, 4) is 5.75 Å². The molecule has 0 atom stereocenters. The molecule has 2 rings (SSSR count). The Morgan fingerprint density at radius 1 is 1.41 bits per heavy atom. The van der Waals surface area contributed by atoms with E-state index in [1.165, 1.54) is 13.4 Å². The first-order valence-electron chi connectivity index (χ1n) is 5.02. The van der Waals surface area contributed by atoms with Crippen molar-refractivity contribution in [2.24, 2.45) is 0 Å². The minimum Gasteiger partial charge on any atom is -0.504 e. The molecule has 0 saturated carbocycles. The van der Waals surface area contributed by atoms with Gasteiger partial charge < -0.3 is 9.47 Å². The molecule has 0 bridgehead atoms. The highest BCUT2D eigenvalue weighted by Gasteiger charge is 2.24. The molecule has 3 nitrogen and oxygen atoms in total. The number of ether oxygens (including phenoxy) is 2. The van der Waals surface area contributed by atoms with Crippen LogP contribution in [0.5, 0.6) is 5.75 Å². The van der Waals surface area contributed by atoms with Gasteiger partial charge in [0, 0.05) is 17.0 Å². The molecule has 0 unspecified atom stereocenters. The van der Waals surface area contributed by atoms with E-state index < -0.39 is 0 Å². The van der Waals surface area contributed by atoms with Crippen molar-refractivity contribution in [3.05, 3.63) is 39.6 Å². The number of hydrogen-bond acceptors (Lipinski definition) is 3. The first kappa shape index (κ1) is 12.3. The number of carbonyl (C=O) groups is 1. The predicted octanol–water partition coefficient (Wildman–Crippen LogP) is 3.49. The summed E-state index contributed by atoms with van der Waals surface area (Å²) in [6, 6.07) is 3.11. The van der Waals surface area contributed by atoms with Gasteiger partial charge in [0.1, 0.15) is 5.75 Å². The van der Waals surface area contributed by atoms with E-state index >= 15 is 0 Å². The van der Waals surface area contributed by atoms with Gasteiger partial charge in [0.05, 0.1) is 30.6 Å². The molecule has 0 aliphatic carbocycles. The van der Waals surface area contributed by atoms with Gasteiger partial charge >= 0.3 is 0 Å². The number of Topliss-reactive ketones (excluding diaryl/α,β-unsaturated/α-hetero) is 1. The minimum absolute atomic E-state index is 0.163. The minimum atomic E-state index is -0.163. The number of fused-ring (bicyclic) bond motifs is 1. The molecular formula is C12H10Cl2O3. The van der Waals surface area contributed by atoms with Crippen LogP contribution in [-0.2, 0) is 4.74 Å². The molecular weight excluding hydrogens is 263 g/mol. The highest BCUT2D eigenvalue weighted by molar-refractivity contribution is 6.36. The fourth-order valence-corrected chi connectivity index (χ4v) is 2.23. The maximum atomic E-state index is 12.2. The van der Waals surface area contributed by atoms with Crippen LogP contribution in [0.3, 0.4) is 0 Å². The highest BCUT2D eigenvalue weighted by Crippen LogP contribution is 2.36. The number of halogens is 2. The molecule has 0 N–H and O–H groups in total. The normalized spacial score (nSPS) is 17.4. The number of carbonyl (C=O) groups excluding carboxylic acids is 1. The molecule has 1 heterocycles. The summed E-state index contributed by atoms with van der Waals surface area (Å²) < 4.78 is 10.4. The Morgan fingerprint density at radius 3 is 2.88 bits per heavy atom. The maximum Gasteiger partial charge on any atom is 0.196 e. The second-order valence-corrected chi connectivity index (χ2v) is 4.41. The average Bonchev–Trinajstić information content (AvgIpc) is 2.42. The third-order valence-electron chi connectivity index (χ3n) is 2.42. The number of rotatable bonds is 1. The Morgan fingerprint density at radius 2 is 2.18 bits per heavy atom. The van der Waals surface area contributed by atoms with Crippen LogP contribution in [0.25, 0.3) is 0 Å². The lowest BCUT2D eigenvalue weighted by Gasteiger charge is -2.08. The smallest absolute Gasteiger partial charge is 0.196 e. The number of ketones is 1. The van der Waals surface area contributed by atoms with Gasteiger partial charge in [-0.15, -0.1) is 0 Å². The van der Waals surface area contributed by atoms with E-state index in [-0.39, 0.29) is 5.78 Å². The second kappa shape index (κ2) is 4.98. The topological polar surface area (TPSA) is 35.5 Å². The van der Waals surface area contributed by atoms with Crippen LogP contribution in [0.4, 0.5) is 0 Å². The molecule has 0 spiro atoms. The van der Waals surface area contributed by atoms with Gasteiger partial charge in [0.2, 0.25) is 0 Å². The lowest BCUT2D eigenvalue weighted by Crippen LogP contribution is -2.02. The van der Waals surface area contributed by atoms with E-state index in [2.05, 4.69) is 0 Å². The summed E-state index contributed by atoms with van der Waals surface area (Å²) in [4.78, 5) is 12.2. The molecule has 1 aliphatic rings. The van der Waals surface area contributed by atoms with Crippen molar-refractivity contribution in [2.75, 3.05) is 13.7 Å². The zero-order valence-corrected chi connectivity index (χ0v) is 10.6. The van der Waals surface area contributed by atoms with Crippen molar-refractivity contribution in [1.29, 1.82) is 0 Å². The highest BCUT2D eigenvalue weighted by atomic mass is 35.5. The summed E-state index contributed by atoms with van der Waals surface area (Å²) in [6.07, 6.45) is 1.91. The van der Waals surface area contributed by atoms with E-state index in [1.807, 2.05) is 0 Å². The van der Waals surface area contributed by atoms with Crippen molar-refractivity contribution in [1.82, 2.24) is 0 Å². The van der Waals surface area contributed by atoms with Crippen LogP contribution < -0.4 is 4.74 Å². The molecule has 5 heteroatoms. The third-order valence-corrected chi connectivity index (χ3v) is 2.92.